The Balaban J connectivity index is 1.63. The van der Waals surface area contributed by atoms with E-state index in [0.717, 1.165) is 36.4 Å². The number of hydrogen-bond acceptors (Lipinski definition) is 4. The van der Waals surface area contributed by atoms with E-state index in [9.17, 15) is 0 Å². The average Bonchev–Trinajstić information content (AvgIpc) is 3.28. The molecule has 4 aromatic rings. The molecule has 4 nitrogen and oxygen atoms in total. The second-order valence-electron chi connectivity index (χ2n) is 8.60. The Hall–Kier alpha value is -3.27. The molecule has 4 heteroatoms. The van der Waals surface area contributed by atoms with Crippen molar-refractivity contribution in [2.45, 2.75) is 37.5 Å². The summed E-state index contributed by atoms with van der Waals surface area (Å²) in [5, 5.41) is 4.15. The number of hydrogen-bond donors (Lipinski definition) is 0. The van der Waals surface area contributed by atoms with Crippen molar-refractivity contribution in [3.8, 4) is 11.4 Å². The number of benzene rings is 2. The summed E-state index contributed by atoms with van der Waals surface area (Å²) in [6, 6.07) is 21.2. The van der Waals surface area contributed by atoms with Crippen LogP contribution in [0.15, 0.2) is 77.6 Å². The summed E-state index contributed by atoms with van der Waals surface area (Å²) in [5.74, 6) is 2.55. The molecule has 30 heavy (non-hydrogen) atoms. The van der Waals surface area contributed by atoms with Crippen molar-refractivity contribution >= 4 is 0 Å². The maximum Gasteiger partial charge on any atom is 0.159 e. The molecule has 6 rings (SSSR count). The monoisotopic (exact) mass is 393 g/mol. The minimum absolute atomic E-state index is 0.195. The molecule has 2 aliphatic carbocycles. The molecule has 0 N–H and O–H groups in total. The third kappa shape index (κ3) is 2.43. The van der Waals surface area contributed by atoms with Gasteiger partial charge in [0, 0.05) is 28.7 Å². The molecule has 2 aliphatic rings. The van der Waals surface area contributed by atoms with Crippen molar-refractivity contribution in [3.05, 3.63) is 101 Å². The van der Waals surface area contributed by atoms with E-state index >= 15 is 0 Å². The molecule has 0 saturated heterocycles. The topological polar surface area (TPSA) is 51.8 Å². The quantitative estimate of drug-likeness (QED) is 0.461. The Morgan fingerprint density at radius 2 is 1.70 bits per heavy atom. The zero-order chi connectivity index (χ0) is 20.1. The van der Waals surface area contributed by atoms with Gasteiger partial charge in [0.25, 0.3) is 0 Å². The fourth-order valence-corrected chi connectivity index (χ4v) is 5.78. The molecular weight excluding hydrogens is 370 g/mol. The lowest BCUT2D eigenvalue weighted by molar-refractivity contribution is 0.189. The van der Waals surface area contributed by atoms with E-state index in [4.69, 9.17) is 14.5 Å². The van der Waals surface area contributed by atoms with E-state index < -0.39 is 0 Å². The van der Waals surface area contributed by atoms with E-state index in [0.29, 0.717) is 11.8 Å². The highest BCUT2D eigenvalue weighted by Crippen LogP contribution is 2.56. The summed E-state index contributed by atoms with van der Waals surface area (Å²) in [7, 11) is 0. The maximum absolute atomic E-state index is 5.70. The largest absolute Gasteiger partial charge is 0.361 e. The van der Waals surface area contributed by atoms with Crippen LogP contribution in [-0.4, -0.2) is 15.1 Å². The number of fused-ring (bicyclic) bond motifs is 4. The lowest BCUT2D eigenvalue weighted by Gasteiger charge is -2.49. The molecule has 2 aromatic carbocycles. The van der Waals surface area contributed by atoms with Gasteiger partial charge >= 0.3 is 0 Å². The summed E-state index contributed by atoms with van der Waals surface area (Å²) in [5.41, 5.74) is 5.83. The van der Waals surface area contributed by atoms with Crippen LogP contribution in [0.1, 0.15) is 47.4 Å². The van der Waals surface area contributed by atoms with Gasteiger partial charge in [-0.1, -0.05) is 72.7 Å². The van der Waals surface area contributed by atoms with Crippen LogP contribution in [0.25, 0.3) is 11.4 Å². The standard InChI is InChI=1S/C26H23N3O/c1-17-22-13-12-19-15-27-25(18-8-4-2-5-9-18)29-24(19)26(22,21-10-6-3-7-11-21)14-20-16-28-30-23(17)20/h2-11,15-17,22H,12-14H2,1H3. The van der Waals surface area contributed by atoms with Gasteiger partial charge in [0.2, 0.25) is 0 Å². The van der Waals surface area contributed by atoms with Gasteiger partial charge in [0.15, 0.2) is 5.82 Å². The first-order valence-electron chi connectivity index (χ1n) is 10.7. The van der Waals surface area contributed by atoms with Crippen molar-refractivity contribution in [1.82, 2.24) is 15.1 Å². The van der Waals surface area contributed by atoms with Crippen LogP contribution in [-0.2, 0) is 18.3 Å². The smallest absolute Gasteiger partial charge is 0.159 e. The van der Waals surface area contributed by atoms with Crippen molar-refractivity contribution in [2.75, 3.05) is 0 Å². The predicted octanol–water partition coefficient (Wildman–Crippen LogP) is 5.34. The molecule has 3 unspecified atom stereocenters. The fraction of sp³-hybridized carbons (Fsp3) is 0.269. The third-order valence-corrected chi connectivity index (χ3v) is 7.13. The maximum atomic E-state index is 5.70. The van der Waals surface area contributed by atoms with Gasteiger partial charge in [-0.15, -0.1) is 0 Å². The molecule has 2 aromatic heterocycles. The van der Waals surface area contributed by atoms with E-state index in [1.807, 2.05) is 24.4 Å². The summed E-state index contributed by atoms with van der Waals surface area (Å²) >= 11 is 0. The van der Waals surface area contributed by atoms with Gasteiger partial charge < -0.3 is 4.52 Å². The number of aromatic nitrogens is 3. The first kappa shape index (κ1) is 17.6. The minimum Gasteiger partial charge on any atom is -0.361 e. The van der Waals surface area contributed by atoms with Gasteiger partial charge in [0.05, 0.1) is 11.9 Å². The van der Waals surface area contributed by atoms with E-state index in [2.05, 4.69) is 60.7 Å². The number of nitrogens with zero attached hydrogens (tertiary/aromatic N) is 3. The minimum atomic E-state index is -0.195. The first-order valence-corrected chi connectivity index (χ1v) is 10.7. The summed E-state index contributed by atoms with van der Waals surface area (Å²) in [4.78, 5) is 9.98. The van der Waals surface area contributed by atoms with Crippen LogP contribution in [0.3, 0.4) is 0 Å². The van der Waals surface area contributed by atoms with E-state index in [1.54, 1.807) is 0 Å². The average molecular weight is 393 g/mol. The van der Waals surface area contributed by atoms with Gasteiger partial charge in [-0.3, -0.25) is 0 Å². The lowest BCUT2D eigenvalue weighted by atomic mass is 9.53. The molecule has 0 amide bonds. The second kappa shape index (κ2) is 6.63. The van der Waals surface area contributed by atoms with E-state index in [-0.39, 0.29) is 5.41 Å². The Bertz CT molecular complexity index is 1200. The number of rotatable bonds is 2. The molecule has 0 saturated carbocycles. The van der Waals surface area contributed by atoms with Gasteiger partial charge in [-0.2, -0.15) is 0 Å². The van der Waals surface area contributed by atoms with Gasteiger partial charge in [0.1, 0.15) is 5.76 Å². The molecule has 0 spiro atoms. The van der Waals surface area contributed by atoms with Crippen LogP contribution < -0.4 is 0 Å². The Labute approximate surface area is 176 Å². The molecule has 0 bridgehead atoms. The molecule has 2 heterocycles. The summed E-state index contributed by atoms with van der Waals surface area (Å²) in [6.07, 6.45) is 6.91. The normalized spacial score (nSPS) is 24.6. The van der Waals surface area contributed by atoms with Crippen molar-refractivity contribution < 1.29 is 4.52 Å². The highest BCUT2D eigenvalue weighted by Gasteiger charge is 2.53. The highest BCUT2D eigenvalue weighted by molar-refractivity contribution is 5.57. The van der Waals surface area contributed by atoms with Crippen molar-refractivity contribution in [3.63, 3.8) is 0 Å². The Morgan fingerprint density at radius 1 is 0.933 bits per heavy atom. The van der Waals surface area contributed by atoms with Crippen LogP contribution in [0.4, 0.5) is 0 Å². The Morgan fingerprint density at radius 3 is 2.50 bits per heavy atom. The first-order chi connectivity index (χ1) is 14.8. The second-order valence-corrected chi connectivity index (χ2v) is 8.60. The summed E-state index contributed by atoms with van der Waals surface area (Å²) in [6.45, 7) is 2.29. The number of aryl methyl sites for hydroxylation is 1. The fourth-order valence-electron chi connectivity index (χ4n) is 5.78. The molecule has 0 aliphatic heterocycles. The molecule has 0 fully saturated rings. The zero-order valence-corrected chi connectivity index (χ0v) is 17.0. The predicted molar refractivity (Wildman–Crippen MR) is 115 cm³/mol. The van der Waals surface area contributed by atoms with Crippen molar-refractivity contribution in [1.29, 1.82) is 0 Å². The van der Waals surface area contributed by atoms with Crippen LogP contribution >= 0.6 is 0 Å². The highest BCUT2D eigenvalue weighted by atomic mass is 16.5. The lowest BCUT2D eigenvalue weighted by Crippen LogP contribution is -2.48. The van der Waals surface area contributed by atoms with Crippen LogP contribution in [0, 0.1) is 5.92 Å². The Kier molecular flexibility index (Phi) is 3.88. The van der Waals surface area contributed by atoms with Gasteiger partial charge in [-0.25, -0.2) is 9.97 Å². The van der Waals surface area contributed by atoms with E-state index in [1.165, 1.54) is 22.4 Å². The SMILES string of the molecule is CC1c2oncc2CC2(c3ccccc3)c3nc(-c4ccccc4)ncc3CCC12. The molecular formula is C26H23N3O. The molecule has 0 radical (unpaired) electrons. The third-order valence-electron chi connectivity index (χ3n) is 7.13. The molecule has 3 atom stereocenters. The zero-order valence-electron chi connectivity index (χ0n) is 17.0. The van der Waals surface area contributed by atoms with Gasteiger partial charge in [-0.05, 0) is 36.3 Å². The van der Waals surface area contributed by atoms with Crippen LogP contribution in [0.5, 0.6) is 0 Å². The summed E-state index contributed by atoms with van der Waals surface area (Å²) < 4.78 is 5.70. The molecule has 148 valence electrons. The van der Waals surface area contributed by atoms with Crippen molar-refractivity contribution in [2.24, 2.45) is 5.92 Å². The van der Waals surface area contributed by atoms with Crippen LogP contribution in [0.2, 0.25) is 0 Å².